The average molecular weight is 352 g/mol. The van der Waals surface area contributed by atoms with Gasteiger partial charge in [0.05, 0.1) is 0 Å². The van der Waals surface area contributed by atoms with Crippen molar-refractivity contribution in [3.05, 3.63) is 29.8 Å². The minimum atomic E-state index is -0.626. The number of rotatable bonds is 9. The van der Waals surface area contributed by atoms with E-state index in [1.807, 2.05) is 6.26 Å². The molecule has 1 aromatic rings. The number of thioether (sulfide) groups is 1. The Labute approximate surface area is 146 Å². The van der Waals surface area contributed by atoms with Crippen molar-refractivity contribution in [3.8, 4) is 0 Å². The first-order valence-electron chi connectivity index (χ1n) is 7.67. The van der Waals surface area contributed by atoms with Crippen LogP contribution in [0.2, 0.25) is 0 Å². The van der Waals surface area contributed by atoms with Crippen molar-refractivity contribution in [2.75, 3.05) is 17.3 Å². The molecule has 0 aliphatic heterocycles. The fourth-order valence-electron chi connectivity index (χ4n) is 1.96. The second-order valence-corrected chi connectivity index (χ2v) is 6.14. The molecule has 0 aliphatic rings. The summed E-state index contributed by atoms with van der Waals surface area (Å²) in [5, 5.41) is 8.03. The number of anilines is 1. The summed E-state index contributed by atoms with van der Waals surface area (Å²) in [5.74, 6) is 0.443. The molecule has 0 aromatic heterocycles. The van der Waals surface area contributed by atoms with Crippen LogP contribution in [-0.2, 0) is 16.1 Å². The average Bonchev–Trinajstić information content (AvgIpc) is 2.56. The van der Waals surface area contributed by atoms with E-state index in [0.29, 0.717) is 25.1 Å². The number of nitrogens with two attached hydrogens (primary N) is 1. The Hall–Kier alpha value is -2.22. The Bertz CT molecular complexity index is 563. The van der Waals surface area contributed by atoms with Crippen molar-refractivity contribution >= 4 is 35.3 Å². The highest BCUT2D eigenvalue weighted by molar-refractivity contribution is 7.98. The van der Waals surface area contributed by atoms with Crippen LogP contribution in [0.4, 0.5) is 10.5 Å². The quantitative estimate of drug-likeness (QED) is 0.538. The Morgan fingerprint density at radius 3 is 2.42 bits per heavy atom. The Morgan fingerprint density at radius 1 is 1.21 bits per heavy atom. The van der Waals surface area contributed by atoms with Crippen molar-refractivity contribution in [3.63, 3.8) is 0 Å². The molecule has 24 heavy (non-hydrogen) atoms. The van der Waals surface area contributed by atoms with Gasteiger partial charge in [0.1, 0.15) is 6.04 Å². The zero-order valence-electron chi connectivity index (χ0n) is 13.9. The number of amides is 4. The fraction of sp³-hybridized carbons (Fsp3) is 0.438. The molecule has 1 rings (SSSR count). The largest absolute Gasteiger partial charge is 0.351 e. The molecule has 4 amide bonds. The molecule has 0 aliphatic carbocycles. The van der Waals surface area contributed by atoms with Crippen molar-refractivity contribution in [1.29, 1.82) is 0 Å². The van der Waals surface area contributed by atoms with Crippen LogP contribution < -0.4 is 21.7 Å². The third kappa shape index (κ3) is 7.36. The van der Waals surface area contributed by atoms with Gasteiger partial charge in [0.15, 0.2) is 0 Å². The van der Waals surface area contributed by atoms with Crippen molar-refractivity contribution in [2.45, 2.75) is 32.4 Å². The van der Waals surface area contributed by atoms with Crippen molar-refractivity contribution < 1.29 is 14.4 Å². The van der Waals surface area contributed by atoms with Crippen LogP contribution in [0.5, 0.6) is 0 Å². The van der Waals surface area contributed by atoms with Crippen LogP contribution in [-0.4, -0.2) is 35.9 Å². The van der Waals surface area contributed by atoms with E-state index in [1.165, 1.54) is 0 Å². The number of carbonyl (C=O) groups is 3. The number of nitrogens with one attached hydrogen (secondary N) is 3. The van der Waals surface area contributed by atoms with Crippen molar-refractivity contribution in [1.82, 2.24) is 10.6 Å². The van der Waals surface area contributed by atoms with Gasteiger partial charge in [0.2, 0.25) is 11.8 Å². The summed E-state index contributed by atoms with van der Waals surface area (Å²) in [5.41, 5.74) is 6.51. The molecule has 132 valence electrons. The summed E-state index contributed by atoms with van der Waals surface area (Å²) in [7, 11) is 0. The second kappa shape index (κ2) is 10.5. The maximum absolute atomic E-state index is 12.3. The van der Waals surface area contributed by atoms with Gasteiger partial charge in [0, 0.05) is 18.7 Å². The second-order valence-electron chi connectivity index (χ2n) is 5.16. The molecular formula is C16H24N4O3S. The zero-order valence-corrected chi connectivity index (χ0v) is 14.7. The normalized spacial score (nSPS) is 11.4. The van der Waals surface area contributed by atoms with Crippen LogP contribution in [0.25, 0.3) is 0 Å². The van der Waals surface area contributed by atoms with Crippen molar-refractivity contribution in [2.24, 2.45) is 5.73 Å². The molecular weight excluding hydrogens is 328 g/mol. The van der Waals surface area contributed by atoms with Gasteiger partial charge in [-0.3, -0.25) is 9.59 Å². The molecule has 8 heteroatoms. The van der Waals surface area contributed by atoms with Crippen LogP contribution in [0.15, 0.2) is 24.3 Å². The lowest BCUT2D eigenvalue weighted by Crippen LogP contribution is -2.46. The molecule has 5 N–H and O–H groups in total. The Morgan fingerprint density at radius 2 is 1.88 bits per heavy atom. The van der Waals surface area contributed by atoms with E-state index in [2.05, 4.69) is 16.0 Å². The zero-order chi connectivity index (χ0) is 17.9. The third-order valence-corrected chi connectivity index (χ3v) is 3.92. The molecule has 1 atom stereocenters. The molecule has 7 nitrogen and oxygen atoms in total. The van der Waals surface area contributed by atoms with Gasteiger partial charge < -0.3 is 21.7 Å². The predicted molar refractivity (Wildman–Crippen MR) is 96.7 cm³/mol. The van der Waals surface area contributed by atoms with E-state index in [4.69, 9.17) is 5.73 Å². The number of benzene rings is 1. The Balaban J connectivity index is 2.56. The van der Waals surface area contributed by atoms with Gasteiger partial charge in [-0.25, -0.2) is 4.79 Å². The molecule has 0 saturated heterocycles. The maximum atomic E-state index is 12.3. The lowest BCUT2D eigenvalue weighted by Gasteiger charge is -2.18. The highest BCUT2D eigenvalue weighted by Crippen LogP contribution is 2.09. The summed E-state index contributed by atoms with van der Waals surface area (Å²) in [6.45, 7) is 2.09. The van der Waals surface area contributed by atoms with Gasteiger partial charge in [-0.2, -0.15) is 11.8 Å². The molecule has 1 aromatic carbocycles. The molecule has 0 saturated carbocycles. The van der Waals surface area contributed by atoms with E-state index < -0.39 is 12.1 Å². The summed E-state index contributed by atoms with van der Waals surface area (Å²) in [6, 6.07) is 5.83. The number of urea groups is 1. The Kier molecular flexibility index (Phi) is 8.70. The van der Waals surface area contributed by atoms with E-state index in [1.54, 1.807) is 43.0 Å². The first kappa shape index (κ1) is 19.8. The molecule has 0 unspecified atom stereocenters. The van der Waals surface area contributed by atoms with Gasteiger partial charge >= 0.3 is 6.03 Å². The highest BCUT2D eigenvalue weighted by atomic mass is 32.2. The fourth-order valence-corrected chi connectivity index (χ4v) is 2.43. The van der Waals surface area contributed by atoms with Crippen LogP contribution >= 0.6 is 11.8 Å². The van der Waals surface area contributed by atoms with E-state index in [9.17, 15) is 14.4 Å². The SMILES string of the molecule is CCC(=O)N[C@H](CCSC)C(=O)NCc1ccc(NC(N)=O)cc1. The lowest BCUT2D eigenvalue weighted by atomic mass is 10.1. The summed E-state index contributed by atoms with van der Waals surface area (Å²) < 4.78 is 0. The van der Waals surface area contributed by atoms with Gasteiger partial charge in [-0.15, -0.1) is 0 Å². The minimum Gasteiger partial charge on any atom is -0.351 e. The van der Waals surface area contributed by atoms with Crippen LogP contribution in [0, 0.1) is 0 Å². The highest BCUT2D eigenvalue weighted by Gasteiger charge is 2.19. The molecule has 0 bridgehead atoms. The molecule has 0 radical (unpaired) electrons. The number of hydrogen-bond acceptors (Lipinski definition) is 4. The first-order chi connectivity index (χ1) is 11.5. The third-order valence-electron chi connectivity index (χ3n) is 3.27. The number of carbonyl (C=O) groups excluding carboxylic acids is 3. The van der Waals surface area contributed by atoms with Gasteiger partial charge in [0.25, 0.3) is 0 Å². The minimum absolute atomic E-state index is 0.141. The van der Waals surface area contributed by atoms with Crippen LogP contribution in [0.3, 0.4) is 0 Å². The van der Waals surface area contributed by atoms with Crippen LogP contribution in [0.1, 0.15) is 25.3 Å². The molecule has 0 heterocycles. The topological polar surface area (TPSA) is 113 Å². The number of hydrogen-bond donors (Lipinski definition) is 4. The van der Waals surface area contributed by atoms with Gasteiger partial charge in [-0.05, 0) is 36.1 Å². The summed E-state index contributed by atoms with van der Waals surface area (Å²) in [4.78, 5) is 34.6. The maximum Gasteiger partial charge on any atom is 0.316 e. The lowest BCUT2D eigenvalue weighted by molar-refractivity contribution is -0.129. The monoisotopic (exact) mass is 352 g/mol. The van der Waals surface area contributed by atoms with E-state index in [0.717, 1.165) is 11.3 Å². The summed E-state index contributed by atoms with van der Waals surface area (Å²) >= 11 is 1.63. The van der Waals surface area contributed by atoms with E-state index >= 15 is 0 Å². The predicted octanol–water partition coefficient (Wildman–Crippen LogP) is 1.44. The number of primary amides is 1. The molecule has 0 fully saturated rings. The molecule has 0 spiro atoms. The van der Waals surface area contributed by atoms with E-state index in [-0.39, 0.29) is 11.8 Å². The smallest absolute Gasteiger partial charge is 0.316 e. The van der Waals surface area contributed by atoms with Gasteiger partial charge in [-0.1, -0.05) is 19.1 Å². The first-order valence-corrected chi connectivity index (χ1v) is 9.07. The standard InChI is InChI=1S/C16H24N4O3S/c1-3-14(21)20-13(8-9-24-2)15(22)18-10-11-4-6-12(7-5-11)19-16(17)23/h4-7,13H,3,8-10H2,1-2H3,(H,18,22)(H,20,21)(H3,17,19,23)/t13-/m1/s1. The summed E-state index contributed by atoms with van der Waals surface area (Å²) in [6.07, 6.45) is 2.88.